The molecule has 8 atom stereocenters. The molecule has 1 heterocycles. The van der Waals surface area contributed by atoms with Crippen molar-refractivity contribution in [1.82, 2.24) is 0 Å². The van der Waals surface area contributed by atoms with Crippen LogP contribution in [0.25, 0.3) is 0 Å². The SMILES string of the molecule is COC(=O)[C@]12C(=O)C(C)=C(O)[C@@]1(C)C(C)=C[C@@H]1[C@@]34CC[C@@H](OC(C)=O)C(C)(C)[C@H]3[C@@H](C[C@]12C)OC4=O. The smallest absolute Gasteiger partial charge is 0.321 e. The molecule has 1 aliphatic heterocycles. The molecule has 196 valence electrons. The van der Waals surface area contributed by atoms with Crippen LogP contribution in [0.3, 0.4) is 0 Å². The lowest BCUT2D eigenvalue weighted by Gasteiger charge is -2.66. The highest BCUT2D eigenvalue weighted by Gasteiger charge is 2.84. The summed E-state index contributed by atoms with van der Waals surface area (Å²) in [5, 5.41) is 11.3. The first kappa shape index (κ1) is 25.0. The molecule has 4 aliphatic carbocycles. The van der Waals surface area contributed by atoms with E-state index in [1.165, 1.54) is 14.0 Å². The van der Waals surface area contributed by atoms with Gasteiger partial charge >= 0.3 is 17.9 Å². The molecule has 8 nitrogen and oxygen atoms in total. The van der Waals surface area contributed by atoms with Crippen LogP contribution in [0.1, 0.15) is 67.7 Å². The van der Waals surface area contributed by atoms with Crippen LogP contribution in [0.2, 0.25) is 0 Å². The summed E-state index contributed by atoms with van der Waals surface area (Å²) in [6.45, 7) is 12.4. The first-order chi connectivity index (χ1) is 16.6. The third kappa shape index (κ3) is 2.29. The summed E-state index contributed by atoms with van der Waals surface area (Å²) >= 11 is 0. The number of fused-ring (bicyclic) bond motifs is 3. The zero-order chi connectivity index (χ0) is 26.8. The molecule has 36 heavy (non-hydrogen) atoms. The molecule has 3 fully saturated rings. The van der Waals surface area contributed by atoms with Crippen molar-refractivity contribution in [3.8, 4) is 0 Å². The Hall–Kier alpha value is -2.64. The van der Waals surface area contributed by atoms with Gasteiger partial charge in [-0.15, -0.1) is 0 Å². The fourth-order valence-corrected chi connectivity index (χ4v) is 9.58. The molecule has 1 saturated heterocycles. The van der Waals surface area contributed by atoms with Gasteiger partial charge in [0.05, 0.1) is 17.9 Å². The van der Waals surface area contributed by atoms with Crippen LogP contribution >= 0.6 is 0 Å². The van der Waals surface area contributed by atoms with Crippen LogP contribution in [-0.2, 0) is 33.4 Å². The maximum absolute atomic E-state index is 14.1. The lowest BCUT2D eigenvalue weighted by Crippen LogP contribution is -2.71. The number of carbonyl (C=O) groups excluding carboxylic acids is 4. The Kier molecular flexibility index (Phi) is 4.88. The number of methoxy groups -OCH3 is 1. The number of ketones is 1. The maximum atomic E-state index is 14.1. The van der Waals surface area contributed by atoms with Crippen LogP contribution in [0, 0.1) is 38.9 Å². The van der Waals surface area contributed by atoms with Crippen molar-refractivity contribution in [3.63, 3.8) is 0 Å². The number of allylic oxidation sites excluding steroid dienone is 3. The minimum Gasteiger partial charge on any atom is -0.511 e. The lowest BCUT2D eigenvalue weighted by atomic mass is 9.33. The van der Waals surface area contributed by atoms with Crippen molar-refractivity contribution in [2.45, 2.75) is 79.9 Å². The van der Waals surface area contributed by atoms with E-state index in [1.807, 2.05) is 33.8 Å². The predicted molar refractivity (Wildman–Crippen MR) is 127 cm³/mol. The summed E-state index contributed by atoms with van der Waals surface area (Å²) in [5.74, 6) is -2.77. The molecule has 0 aromatic rings. The van der Waals surface area contributed by atoms with E-state index in [9.17, 15) is 24.3 Å². The molecule has 5 aliphatic rings. The topological polar surface area (TPSA) is 116 Å². The van der Waals surface area contributed by atoms with Crippen molar-refractivity contribution in [3.05, 3.63) is 23.0 Å². The summed E-state index contributed by atoms with van der Waals surface area (Å²) in [6, 6.07) is 0. The lowest BCUT2D eigenvalue weighted by molar-refractivity contribution is -0.216. The van der Waals surface area contributed by atoms with Crippen molar-refractivity contribution in [2.75, 3.05) is 7.11 Å². The highest BCUT2D eigenvalue weighted by atomic mass is 16.6. The van der Waals surface area contributed by atoms with Gasteiger partial charge in [0.25, 0.3) is 0 Å². The van der Waals surface area contributed by atoms with Gasteiger partial charge in [-0.05, 0) is 40.0 Å². The Morgan fingerprint density at radius 2 is 1.78 bits per heavy atom. The van der Waals surface area contributed by atoms with Crippen LogP contribution in [0.5, 0.6) is 0 Å². The molecular weight excluding hydrogens is 464 g/mol. The van der Waals surface area contributed by atoms with E-state index in [4.69, 9.17) is 14.2 Å². The van der Waals surface area contributed by atoms with Gasteiger partial charge in [-0.25, -0.2) is 0 Å². The average Bonchev–Trinajstić information content (AvgIpc) is 3.12. The van der Waals surface area contributed by atoms with E-state index in [-0.39, 0.29) is 41.7 Å². The van der Waals surface area contributed by atoms with Crippen molar-refractivity contribution < 1.29 is 38.5 Å². The molecular formula is C28H36O8. The third-order valence-electron chi connectivity index (χ3n) is 11.0. The second kappa shape index (κ2) is 7.01. The van der Waals surface area contributed by atoms with Gasteiger partial charge < -0.3 is 19.3 Å². The van der Waals surface area contributed by atoms with Crippen LogP contribution < -0.4 is 0 Å². The molecule has 0 amide bonds. The Balaban J connectivity index is 1.79. The summed E-state index contributed by atoms with van der Waals surface area (Å²) in [5.41, 5.74) is -4.90. The fraction of sp³-hybridized carbons (Fsp3) is 0.714. The molecule has 5 rings (SSSR count). The molecule has 0 spiro atoms. The fourth-order valence-electron chi connectivity index (χ4n) is 9.58. The van der Waals surface area contributed by atoms with E-state index in [2.05, 4.69) is 0 Å². The molecule has 1 N–H and O–H groups in total. The second-order valence-electron chi connectivity index (χ2n) is 12.5. The Labute approximate surface area is 211 Å². The number of carbonyl (C=O) groups is 4. The van der Waals surface area contributed by atoms with E-state index in [1.54, 1.807) is 13.8 Å². The third-order valence-corrected chi connectivity index (χ3v) is 11.0. The van der Waals surface area contributed by atoms with Gasteiger partial charge in [0.15, 0.2) is 11.2 Å². The summed E-state index contributed by atoms with van der Waals surface area (Å²) < 4.78 is 17.1. The zero-order valence-electron chi connectivity index (χ0n) is 22.3. The minimum absolute atomic E-state index is 0.121. The maximum Gasteiger partial charge on any atom is 0.321 e. The van der Waals surface area contributed by atoms with Crippen LogP contribution in [0.15, 0.2) is 23.0 Å². The predicted octanol–water partition coefficient (Wildman–Crippen LogP) is 3.83. The van der Waals surface area contributed by atoms with Gasteiger partial charge in [-0.3, -0.25) is 19.2 Å². The van der Waals surface area contributed by atoms with Crippen LogP contribution in [0.4, 0.5) is 0 Å². The summed E-state index contributed by atoms with van der Waals surface area (Å²) in [6.07, 6.45) is 2.14. The van der Waals surface area contributed by atoms with Crippen molar-refractivity contribution in [1.29, 1.82) is 0 Å². The number of rotatable bonds is 2. The standard InChI is InChI=1S/C28H36O8/c1-13-11-17-25(6,28(23(33)34-8)21(31)14(2)20(30)26(13,28)7)12-16-19-24(4,5)18(35-15(3)29)9-10-27(17,19)22(32)36-16/h11,16-19,30H,9-10,12H2,1-8H3/t16-,17+,18-,19-,25-,26-,27+,28+/m1/s1. The molecule has 8 heteroatoms. The first-order valence-corrected chi connectivity index (χ1v) is 12.7. The van der Waals surface area contributed by atoms with Gasteiger partial charge in [0.1, 0.15) is 18.0 Å². The summed E-state index contributed by atoms with van der Waals surface area (Å²) in [7, 11) is 1.26. The van der Waals surface area contributed by atoms with Gasteiger partial charge in [-0.2, -0.15) is 0 Å². The quantitative estimate of drug-likeness (QED) is 0.263. The van der Waals surface area contributed by atoms with Crippen molar-refractivity contribution in [2.24, 2.45) is 38.9 Å². The van der Waals surface area contributed by atoms with Gasteiger partial charge in [0, 0.05) is 35.2 Å². The van der Waals surface area contributed by atoms with E-state index in [0.717, 1.165) is 0 Å². The Morgan fingerprint density at radius 3 is 2.36 bits per heavy atom. The summed E-state index contributed by atoms with van der Waals surface area (Å²) in [4.78, 5) is 53.7. The highest BCUT2D eigenvalue weighted by molar-refractivity contribution is 6.17. The zero-order valence-corrected chi connectivity index (χ0v) is 22.3. The van der Waals surface area contributed by atoms with Crippen molar-refractivity contribution >= 4 is 23.7 Å². The molecule has 2 bridgehead atoms. The second-order valence-corrected chi connectivity index (χ2v) is 12.5. The number of Topliss-reactive ketones (excluding diaryl/α,β-unsaturated/α-hetero) is 1. The molecule has 0 radical (unpaired) electrons. The molecule has 0 unspecified atom stereocenters. The number of hydrogen-bond acceptors (Lipinski definition) is 8. The van der Waals surface area contributed by atoms with Crippen LogP contribution in [-0.4, -0.2) is 48.1 Å². The first-order valence-electron chi connectivity index (χ1n) is 12.7. The number of aliphatic hydroxyl groups excluding tert-OH is 1. The van der Waals surface area contributed by atoms with Gasteiger partial charge in [0.2, 0.25) is 0 Å². The highest BCUT2D eigenvalue weighted by Crippen LogP contribution is 2.79. The number of aliphatic hydroxyl groups is 1. The number of esters is 3. The normalized spacial score (nSPS) is 46.3. The van der Waals surface area contributed by atoms with Gasteiger partial charge in [-0.1, -0.05) is 32.4 Å². The average molecular weight is 501 g/mol. The van der Waals surface area contributed by atoms with E-state index >= 15 is 0 Å². The Bertz CT molecular complexity index is 1180. The molecule has 2 saturated carbocycles. The Morgan fingerprint density at radius 1 is 1.14 bits per heavy atom. The van der Waals surface area contributed by atoms with E-state index < -0.39 is 50.8 Å². The number of hydrogen-bond donors (Lipinski definition) is 1. The largest absolute Gasteiger partial charge is 0.511 e. The molecule has 0 aromatic carbocycles. The monoisotopic (exact) mass is 500 g/mol. The molecule has 0 aromatic heterocycles. The minimum atomic E-state index is -1.74. The number of ether oxygens (including phenoxy) is 3. The van der Waals surface area contributed by atoms with E-state index in [0.29, 0.717) is 18.4 Å².